The van der Waals surface area contributed by atoms with Crippen LogP contribution in [-0.2, 0) is 10.2 Å². The molecule has 1 aromatic carbocycles. The third-order valence-corrected chi connectivity index (χ3v) is 4.03. The summed E-state index contributed by atoms with van der Waals surface area (Å²) in [4.78, 5) is 14.8. The van der Waals surface area contributed by atoms with Crippen LogP contribution in [0.3, 0.4) is 0 Å². The van der Waals surface area contributed by atoms with Crippen molar-refractivity contribution in [3.63, 3.8) is 0 Å². The highest BCUT2D eigenvalue weighted by Gasteiger charge is 2.48. The molecular formula is C17H23NO. The predicted molar refractivity (Wildman–Crippen MR) is 80.5 cm³/mol. The first-order valence-corrected chi connectivity index (χ1v) is 7.23. The number of nitrogens with zero attached hydrogens (tertiary/aromatic N) is 1. The number of rotatable bonds is 6. The van der Waals surface area contributed by atoms with Crippen LogP contribution < -0.4 is 4.90 Å². The Kier molecular flexibility index (Phi) is 4.08. The lowest BCUT2D eigenvalue weighted by Crippen LogP contribution is -2.40. The summed E-state index contributed by atoms with van der Waals surface area (Å²) in [5, 5.41) is 0. The molecule has 0 aliphatic carbocycles. The molecule has 19 heavy (non-hydrogen) atoms. The molecule has 1 aliphatic heterocycles. The maximum atomic E-state index is 12.9. The minimum atomic E-state index is -0.302. The van der Waals surface area contributed by atoms with Gasteiger partial charge in [0.05, 0.1) is 5.41 Å². The fraction of sp³-hybridized carbons (Fsp3) is 0.471. The molecule has 0 aromatic heterocycles. The summed E-state index contributed by atoms with van der Waals surface area (Å²) < 4.78 is 0. The van der Waals surface area contributed by atoms with E-state index in [0.717, 1.165) is 31.4 Å². The zero-order valence-corrected chi connectivity index (χ0v) is 12.0. The second-order valence-corrected chi connectivity index (χ2v) is 5.30. The van der Waals surface area contributed by atoms with Gasteiger partial charge in [-0.15, -0.1) is 6.58 Å². The molecular weight excluding hydrogens is 234 g/mol. The molecule has 0 fully saturated rings. The van der Waals surface area contributed by atoms with Gasteiger partial charge in [0.1, 0.15) is 0 Å². The van der Waals surface area contributed by atoms with E-state index in [9.17, 15) is 4.79 Å². The number of carbonyl (C=O) groups excluding carboxylic acids is 1. The van der Waals surface area contributed by atoms with Gasteiger partial charge in [0, 0.05) is 12.2 Å². The maximum absolute atomic E-state index is 12.9. The van der Waals surface area contributed by atoms with Crippen LogP contribution in [0.4, 0.5) is 5.69 Å². The van der Waals surface area contributed by atoms with Crippen LogP contribution in [0.1, 0.15) is 45.1 Å². The van der Waals surface area contributed by atoms with E-state index in [1.165, 1.54) is 5.56 Å². The molecule has 1 heterocycles. The van der Waals surface area contributed by atoms with Crippen molar-refractivity contribution in [2.75, 3.05) is 11.4 Å². The van der Waals surface area contributed by atoms with E-state index in [1.54, 1.807) is 0 Å². The van der Waals surface area contributed by atoms with Gasteiger partial charge in [-0.25, -0.2) is 0 Å². The highest BCUT2D eigenvalue weighted by atomic mass is 16.2. The molecule has 2 rings (SSSR count). The first kappa shape index (κ1) is 13.9. The zero-order chi connectivity index (χ0) is 13.9. The Balaban J connectivity index is 2.55. The third-order valence-electron chi connectivity index (χ3n) is 4.03. The minimum Gasteiger partial charge on any atom is -0.308 e. The lowest BCUT2D eigenvalue weighted by atomic mass is 9.74. The quantitative estimate of drug-likeness (QED) is 0.704. The molecule has 0 atom stereocenters. The van der Waals surface area contributed by atoms with Crippen molar-refractivity contribution in [2.24, 2.45) is 0 Å². The summed E-state index contributed by atoms with van der Waals surface area (Å²) in [6, 6.07) is 8.24. The predicted octanol–water partition coefficient (Wildman–Crippen LogP) is 4.06. The van der Waals surface area contributed by atoms with E-state index >= 15 is 0 Å². The van der Waals surface area contributed by atoms with Crippen LogP contribution in [0.25, 0.3) is 0 Å². The van der Waals surface area contributed by atoms with Crippen molar-refractivity contribution in [2.45, 2.75) is 44.9 Å². The lowest BCUT2D eigenvalue weighted by Gasteiger charge is -2.28. The Morgan fingerprint density at radius 3 is 2.42 bits per heavy atom. The Labute approximate surface area is 116 Å². The fourth-order valence-electron chi connectivity index (χ4n) is 3.37. The highest BCUT2D eigenvalue weighted by Crippen LogP contribution is 2.47. The molecule has 1 aliphatic rings. The molecule has 0 unspecified atom stereocenters. The highest BCUT2D eigenvalue weighted by molar-refractivity contribution is 6.08. The third kappa shape index (κ3) is 2.09. The van der Waals surface area contributed by atoms with Gasteiger partial charge in [-0.2, -0.15) is 0 Å². The van der Waals surface area contributed by atoms with E-state index in [-0.39, 0.29) is 11.3 Å². The van der Waals surface area contributed by atoms with Gasteiger partial charge >= 0.3 is 0 Å². The normalized spacial score (nSPS) is 16.5. The number of carbonyl (C=O) groups is 1. The molecule has 102 valence electrons. The first-order valence-electron chi connectivity index (χ1n) is 7.23. The number of amides is 1. The van der Waals surface area contributed by atoms with Gasteiger partial charge in [0.15, 0.2) is 0 Å². The van der Waals surface area contributed by atoms with Crippen LogP contribution in [0.15, 0.2) is 36.9 Å². The topological polar surface area (TPSA) is 20.3 Å². The number of hydrogen-bond acceptors (Lipinski definition) is 1. The molecule has 1 amide bonds. The number of para-hydroxylation sites is 1. The smallest absolute Gasteiger partial charge is 0.238 e. The Hall–Kier alpha value is -1.57. The molecule has 2 heteroatoms. The van der Waals surface area contributed by atoms with Gasteiger partial charge in [-0.05, 0) is 24.5 Å². The van der Waals surface area contributed by atoms with Crippen LogP contribution in [0, 0.1) is 0 Å². The number of hydrogen-bond donors (Lipinski definition) is 0. The Morgan fingerprint density at radius 2 is 1.84 bits per heavy atom. The fourth-order valence-corrected chi connectivity index (χ4v) is 3.37. The average Bonchev–Trinajstić information content (AvgIpc) is 2.64. The molecule has 0 bridgehead atoms. The Morgan fingerprint density at radius 1 is 1.21 bits per heavy atom. The number of benzene rings is 1. The van der Waals surface area contributed by atoms with E-state index in [2.05, 4.69) is 32.6 Å². The van der Waals surface area contributed by atoms with Crippen molar-refractivity contribution < 1.29 is 4.79 Å². The summed E-state index contributed by atoms with van der Waals surface area (Å²) in [6.07, 6.45) is 5.74. The maximum Gasteiger partial charge on any atom is 0.238 e. The summed E-state index contributed by atoms with van der Waals surface area (Å²) >= 11 is 0. The summed E-state index contributed by atoms with van der Waals surface area (Å²) in [5.41, 5.74) is 1.99. The molecule has 1 aromatic rings. The minimum absolute atomic E-state index is 0.261. The first-order chi connectivity index (χ1) is 9.21. The van der Waals surface area contributed by atoms with Crippen LogP contribution in [0.5, 0.6) is 0 Å². The van der Waals surface area contributed by atoms with E-state index in [0.29, 0.717) is 6.54 Å². The second kappa shape index (κ2) is 5.60. The molecule has 0 radical (unpaired) electrons. The van der Waals surface area contributed by atoms with Crippen molar-refractivity contribution in [1.82, 2.24) is 0 Å². The van der Waals surface area contributed by atoms with Crippen molar-refractivity contribution in [3.05, 3.63) is 42.5 Å². The van der Waals surface area contributed by atoms with Gasteiger partial charge < -0.3 is 4.90 Å². The summed E-state index contributed by atoms with van der Waals surface area (Å²) in [6.45, 7) is 8.69. The monoisotopic (exact) mass is 257 g/mol. The average molecular weight is 257 g/mol. The van der Waals surface area contributed by atoms with Crippen molar-refractivity contribution in [3.8, 4) is 0 Å². The van der Waals surface area contributed by atoms with Gasteiger partial charge in [-0.3, -0.25) is 4.79 Å². The van der Waals surface area contributed by atoms with Crippen molar-refractivity contribution in [1.29, 1.82) is 0 Å². The van der Waals surface area contributed by atoms with E-state index in [1.807, 2.05) is 23.1 Å². The van der Waals surface area contributed by atoms with Gasteiger partial charge in [-0.1, -0.05) is 51.0 Å². The molecule has 0 spiro atoms. The van der Waals surface area contributed by atoms with Crippen LogP contribution >= 0.6 is 0 Å². The molecule has 2 nitrogen and oxygen atoms in total. The molecule has 0 N–H and O–H groups in total. The van der Waals surface area contributed by atoms with Crippen LogP contribution in [-0.4, -0.2) is 12.5 Å². The van der Waals surface area contributed by atoms with E-state index in [4.69, 9.17) is 0 Å². The van der Waals surface area contributed by atoms with Crippen molar-refractivity contribution >= 4 is 11.6 Å². The second-order valence-electron chi connectivity index (χ2n) is 5.30. The Bertz CT molecular complexity index is 472. The summed E-state index contributed by atoms with van der Waals surface area (Å²) in [7, 11) is 0. The molecule has 0 saturated carbocycles. The van der Waals surface area contributed by atoms with Gasteiger partial charge in [0.25, 0.3) is 0 Å². The number of fused-ring (bicyclic) bond motifs is 1. The largest absolute Gasteiger partial charge is 0.308 e. The van der Waals surface area contributed by atoms with Crippen LogP contribution in [0.2, 0.25) is 0 Å². The molecule has 0 saturated heterocycles. The SMILES string of the molecule is C=CCN1C(=O)C(CCC)(CCC)c2ccccc21. The zero-order valence-electron chi connectivity index (χ0n) is 12.0. The lowest BCUT2D eigenvalue weighted by molar-refractivity contribution is -0.123. The van der Waals surface area contributed by atoms with E-state index < -0.39 is 0 Å². The summed E-state index contributed by atoms with van der Waals surface area (Å²) in [5.74, 6) is 0.261. The standard InChI is InChI=1S/C17H23NO/c1-4-11-17(12-5-2)14-9-7-8-10-15(14)18(13-6-3)16(17)19/h6-10H,3-5,11-13H2,1-2H3. The van der Waals surface area contributed by atoms with Gasteiger partial charge in [0.2, 0.25) is 5.91 Å². The number of anilines is 1.